The number of rotatable bonds is 5. The van der Waals surface area contributed by atoms with E-state index in [-0.39, 0.29) is 17.4 Å². The van der Waals surface area contributed by atoms with Crippen LogP contribution in [0.25, 0.3) is 0 Å². The van der Waals surface area contributed by atoms with Crippen molar-refractivity contribution in [3.63, 3.8) is 0 Å². The number of carbonyl (C=O) groups is 1. The summed E-state index contributed by atoms with van der Waals surface area (Å²) in [6.45, 7) is 7.94. The van der Waals surface area contributed by atoms with Crippen molar-refractivity contribution in [3.05, 3.63) is 35.9 Å². The Kier molecular flexibility index (Phi) is 4.91. The SMILES string of the molecule is CC(C)[C@H](N)C(=O)NC(C)(C)Cc1ccccc1. The summed E-state index contributed by atoms with van der Waals surface area (Å²) in [7, 11) is 0. The number of hydrogen-bond donors (Lipinski definition) is 2. The minimum absolute atomic E-state index is 0.0778. The van der Waals surface area contributed by atoms with Crippen molar-refractivity contribution in [2.45, 2.75) is 45.7 Å². The van der Waals surface area contributed by atoms with Gasteiger partial charge in [-0.2, -0.15) is 0 Å². The zero-order valence-electron chi connectivity index (χ0n) is 11.7. The molecule has 0 aromatic heterocycles. The summed E-state index contributed by atoms with van der Waals surface area (Å²) in [6, 6.07) is 9.69. The average Bonchev–Trinajstić information content (AvgIpc) is 2.27. The molecule has 0 aliphatic heterocycles. The predicted octanol–water partition coefficient (Wildman–Crippen LogP) is 2.11. The van der Waals surface area contributed by atoms with E-state index in [1.54, 1.807) is 0 Å². The van der Waals surface area contributed by atoms with Crippen LogP contribution in [0.15, 0.2) is 30.3 Å². The van der Waals surface area contributed by atoms with Crippen LogP contribution in [-0.4, -0.2) is 17.5 Å². The molecule has 1 amide bonds. The van der Waals surface area contributed by atoms with Crippen molar-refractivity contribution >= 4 is 5.91 Å². The maximum absolute atomic E-state index is 12.0. The van der Waals surface area contributed by atoms with Crippen LogP contribution in [0.2, 0.25) is 0 Å². The molecule has 100 valence electrons. The topological polar surface area (TPSA) is 55.1 Å². The maximum atomic E-state index is 12.0. The molecule has 0 aliphatic carbocycles. The Balaban J connectivity index is 2.62. The fourth-order valence-corrected chi connectivity index (χ4v) is 1.87. The average molecular weight is 248 g/mol. The van der Waals surface area contributed by atoms with Gasteiger partial charge in [-0.25, -0.2) is 0 Å². The molecule has 1 aromatic rings. The van der Waals surface area contributed by atoms with Crippen LogP contribution in [0.4, 0.5) is 0 Å². The van der Waals surface area contributed by atoms with Crippen LogP contribution >= 0.6 is 0 Å². The van der Waals surface area contributed by atoms with E-state index in [0.717, 1.165) is 6.42 Å². The van der Waals surface area contributed by atoms with Gasteiger partial charge in [-0.15, -0.1) is 0 Å². The molecule has 3 N–H and O–H groups in total. The largest absolute Gasteiger partial charge is 0.350 e. The molecule has 18 heavy (non-hydrogen) atoms. The van der Waals surface area contributed by atoms with E-state index < -0.39 is 6.04 Å². The van der Waals surface area contributed by atoms with Gasteiger partial charge in [-0.1, -0.05) is 44.2 Å². The van der Waals surface area contributed by atoms with Crippen molar-refractivity contribution in [1.29, 1.82) is 0 Å². The summed E-state index contributed by atoms with van der Waals surface area (Å²) in [5.41, 5.74) is 6.77. The highest BCUT2D eigenvalue weighted by Crippen LogP contribution is 2.13. The molecular formula is C15H24N2O. The van der Waals surface area contributed by atoms with Gasteiger partial charge in [-0.05, 0) is 31.7 Å². The van der Waals surface area contributed by atoms with E-state index >= 15 is 0 Å². The van der Waals surface area contributed by atoms with Gasteiger partial charge in [0.1, 0.15) is 0 Å². The van der Waals surface area contributed by atoms with Crippen molar-refractivity contribution in [1.82, 2.24) is 5.32 Å². The molecule has 0 aliphatic rings. The molecule has 0 saturated heterocycles. The van der Waals surface area contributed by atoms with Crippen LogP contribution in [0.5, 0.6) is 0 Å². The first-order valence-electron chi connectivity index (χ1n) is 6.43. The lowest BCUT2D eigenvalue weighted by atomic mass is 9.93. The van der Waals surface area contributed by atoms with Gasteiger partial charge < -0.3 is 11.1 Å². The first kappa shape index (κ1) is 14.7. The van der Waals surface area contributed by atoms with Gasteiger partial charge in [0.05, 0.1) is 6.04 Å². The lowest BCUT2D eigenvalue weighted by molar-refractivity contribution is -0.124. The first-order chi connectivity index (χ1) is 8.32. The van der Waals surface area contributed by atoms with Gasteiger partial charge in [0, 0.05) is 5.54 Å². The zero-order chi connectivity index (χ0) is 13.8. The molecule has 3 heteroatoms. The van der Waals surface area contributed by atoms with Gasteiger partial charge in [0.15, 0.2) is 0 Å². The minimum atomic E-state index is -0.444. The fraction of sp³-hybridized carbons (Fsp3) is 0.533. The van der Waals surface area contributed by atoms with Crippen molar-refractivity contribution in [3.8, 4) is 0 Å². The third-order valence-electron chi connectivity index (χ3n) is 2.97. The normalized spacial score (nSPS) is 13.4. The maximum Gasteiger partial charge on any atom is 0.237 e. The van der Waals surface area contributed by atoms with Gasteiger partial charge in [0.2, 0.25) is 5.91 Å². The molecule has 0 radical (unpaired) electrons. The third-order valence-corrected chi connectivity index (χ3v) is 2.97. The van der Waals surface area contributed by atoms with Crippen LogP contribution in [0.1, 0.15) is 33.3 Å². The van der Waals surface area contributed by atoms with E-state index in [4.69, 9.17) is 5.73 Å². The molecule has 1 aromatic carbocycles. The first-order valence-corrected chi connectivity index (χ1v) is 6.43. The second-order valence-corrected chi connectivity index (χ2v) is 5.81. The highest BCUT2D eigenvalue weighted by atomic mass is 16.2. The number of carbonyl (C=O) groups excluding carboxylic acids is 1. The Morgan fingerprint density at radius 3 is 2.33 bits per heavy atom. The molecule has 1 rings (SSSR count). The van der Waals surface area contributed by atoms with Crippen LogP contribution in [0.3, 0.4) is 0 Å². The fourth-order valence-electron chi connectivity index (χ4n) is 1.87. The van der Waals surface area contributed by atoms with Crippen LogP contribution in [0, 0.1) is 5.92 Å². The molecule has 0 fully saturated rings. The van der Waals surface area contributed by atoms with E-state index in [0.29, 0.717) is 0 Å². The summed E-state index contributed by atoms with van der Waals surface area (Å²) in [4.78, 5) is 12.0. The molecule has 0 unspecified atom stereocenters. The van der Waals surface area contributed by atoms with Crippen LogP contribution in [-0.2, 0) is 11.2 Å². The summed E-state index contributed by atoms with van der Waals surface area (Å²) < 4.78 is 0. The van der Waals surface area contributed by atoms with Gasteiger partial charge in [0.25, 0.3) is 0 Å². The number of hydrogen-bond acceptors (Lipinski definition) is 2. The number of benzene rings is 1. The lowest BCUT2D eigenvalue weighted by Gasteiger charge is -2.29. The van der Waals surface area contributed by atoms with E-state index in [1.165, 1.54) is 5.56 Å². The Bertz CT molecular complexity index is 385. The number of amides is 1. The Morgan fingerprint density at radius 1 is 1.28 bits per heavy atom. The monoisotopic (exact) mass is 248 g/mol. The van der Waals surface area contributed by atoms with Crippen molar-refractivity contribution in [2.24, 2.45) is 11.7 Å². The zero-order valence-corrected chi connectivity index (χ0v) is 11.7. The molecule has 0 saturated carbocycles. The number of nitrogens with two attached hydrogens (primary N) is 1. The Morgan fingerprint density at radius 2 is 1.83 bits per heavy atom. The molecular weight excluding hydrogens is 224 g/mol. The second-order valence-electron chi connectivity index (χ2n) is 5.81. The van der Waals surface area contributed by atoms with E-state index in [2.05, 4.69) is 17.4 Å². The molecule has 1 atom stereocenters. The van der Waals surface area contributed by atoms with Crippen molar-refractivity contribution < 1.29 is 4.79 Å². The standard InChI is InChI=1S/C15H24N2O/c1-11(2)13(16)14(18)17-15(3,4)10-12-8-6-5-7-9-12/h5-9,11,13H,10,16H2,1-4H3,(H,17,18)/t13-/m0/s1. The minimum Gasteiger partial charge on any atom is -0.350 e. The quantitative estimate of drug-likeness (QED) is 0.838. The summed E-state index contributed by atoms with van der Waals surface area (Å²) in [5, 5.41) is 3.02. The Labute approximate surface area is 110 Å². The summed E-state index contributed by atoms with van der Waals surface area (Å²) >= 11 is 0. The Hall–Kier alpha value is -1.35. The predicted molar refractivity (Wildman–Crippen MR) is 75.2 cm³/mol. The van der Waals surface area contributed by atoms with Crippen LogP contribution < -0.4 is 11.1 Å². The summed E-state index contributed by atoms with van der Waals surface area (Å²) in [5.74, 6) is 0.0726. The third kappa shape index (κ3) is 4.49. The highest BCUT2D eigenvalue weighted by molar-refractivity contribution is 5.82. The highest BCUT2D eigenvalue weighted by Gasteiger charge is 2.25. The van der Waals surface area contributed by atoms with E-state index in [1.807, 2.05) is 45.9 Å². The number of nitrogens with one attached hydrogen (secondary N) is 1. The van der Waals surface area contributed by atoms with Gasteiger partial charge in [-0.3, -0.25) is 4.79 Å². The summed E-state index contributed by atoms with van der Waals surface area (Å²) in [6.07, 6.45) is 0.796. The molecule has 0 bridgehead atoms. The second kappa shape index (κ2) is 6.01. The van der Waals surface area contributed by atoms with E-state index in [9.17, 15) is 4.79 Å². The molecule has 0 heterocycles. The lowest BCUT2D eigenvalue weighted by Crippen LogP contribution is -2.53. The van der Waals surface area contributed by atoms with Gasteiger partial charge >= 0.3 is 0 Å². The van der Waals surface area contributed by atoms with Crippen molar-refractivity contribution in [2.75, 3.05) is 0 Å². The molecule has 3 nitrogen and oxygen atoms in total. The molecule has 0 spiro atoms. The smallest absolute Gasteiger partial charge is 0.237 e.